The van der Waals surface area contributed by atoms with Gasteiger partial charge in [0.2, 0.25) is 0 Å². The van der Waals surface area contributed by atoms with Crippen molar-refractivity contribution in [3.05, 3.63) is 24.3 Å². The Kier molecular flexibility index (Phi) is 3.79. The van der Waals surface area contributed by atoms with E-state index in [4.69, 9.17) is 14.8 Å². The van der Waals surface area contributed by atoms with E-state index in [9.17, 15) is 0 Å². The van der Waals surface area contributed by atoms with Gasteiger partial charge >= 0.3 is 7.32 Å². The predicted octanol–water partition coefficient (Wildman–Crippen LogP) is 0.822. The van der Waals surface area contributed by atoms with E-state index in [1.165, 1.54) is 0 Å². The van der Waals surface area contributed by atoms with Crippen molar-refractivity contribution >= 4 is 7.32 Å². The number of ether oxygens (including phenoxy) is 1. The second-order valence-electron chi connectivity index (χ2n) is 3.08. The molecule has 0 radical (unpaired) electrons. The molecule has 76 valence electrons. The summed E-state index contributed by atoms with van der Waals surface area (Å²) in [6.07, 6.45) is 0.116. The fourth-order valence-electron chi connectivity index (χ4n) is 0.991. The van der Waals surface area contributed by atoms with Crippen LogP contribution in [0.25, 0.3) is 0 Å². The Morgan fingerprint density at radius 1 is 1.07 bits per heavy atom. The third kappa shape index (κ3) is 3.68. The molecule has 0 aliphatic heterocycles. The van der Waals surface area contributed by atoms with Crippen molar-refractivity contribution in [2.24, 2.45) is 0 Å². The van der Waals surface area contributed by atoms with Crippen molar-refractivity contribution in [3.8, 4) is 11.5 Å². The maximum atomic E-state index is 8.52. The highest BCUT2D eigenvalue weighted by molar-refractivity contribution is 6.33. The van der Waals surface area contributed by atoms with Crippen molar-refractivity contribution in [1.29, 1.82) is 0 Å². The quantitative estimate of drug-likeness (QED) is 0.700. The van der Waals surface area contributed by atoms with Gasteiger partial charge in [-0.15, -0.1) is 0 Å². The molecule has 0 saturated carbocycles. The van der Waals surface area contributed by atoms with Crippen LogP contribution in [0.15, 0.2) is 24.3 Å². The molecule has 0 unspecified atom stereocenters. The first-order chi connectivity index (χ1) is 6.58. The standard InChI is InChI=1S/C9H13BO4/c1-7(2)13-8-3-5-9(6-4-8)14-10(11)12/h3-7,11-12H,1-2H3. The second kappa shape index (κ2) is 4.88. The van der Waals surface area contributed by atoms with Gasteiger partial charge in [0.25, 0.3) is 0 Å². The molecule has 0 heterocycles. The van der Waals surface area contributed by atoms with E-state index in [1.54, 1.807) is 24.3 Å². The summed E-state index contributed by atoms with van der Waals surface area (Å²) in [4.78, 5) is 0. The molecule has 0 spiro atoms. The molecule has 0 fully saturated rings. The number of hydrogen-bond donors (Lipinski definition) is 2. The van der Waals surface area contributed by atoms with Gasteiger partial charge in [-0.05, 0) is 38.1 Å². The van der Waals surface area contributed by atoms with Crippen LogP contribution in [-0.4, -0.2) is 23.5 Å². The smallest absolute Gasteiger partial charge is 0.512 e. The minimum atomic E-state index is -1.79. The van der Waals surface area contributed by atoms with Crippen LogP contribution in [0, 0.1) is 0 Å². The number of hydrogen-bond acceptors (Lipinski definition) is 4. The molecule has 0 saturated heterocycles. The zero-order valence-corrected chi connectivity index (χ0v) is 8.18. The first kappa shape index (κ1) is 10.9. The summed E-state index contributed by atoms with van der Waals surface area (Å²) in [5, 5.41) is 17.0. The van der Waals surface area contributed by atoms with Crippen molar-refractivity contribution in [1.82, 2.24) is 0 Å². The van der Waals surface area contributed by atoms with Crippen molar-refractivity contribution in [2.45, 2.75) is 20.0 Å². The molecule has 14 heavy (non-hydrogen) atoms. The monoisotopic (exact) mass is 196 g/mol. The molecule has 0 bridgehead atoms. The van der Waals surface area contributed by atoms with E-state index in [2.05, 4.69) is 4.65 Å². The van der Waals surface area contributed by atoms with Crippen LogP contribution in [0.4, 0.5) is 0 Å². The lowest BCUT2D eigenvalue weighted by atomic mass is 10.2. The molecule has 4 nitrogen and oxygen atoms in total. The highest BCUT2D eigenvalue weighted by Crippen LogP contribution is 2.18. The van der Waals surface area contributed by atoms with Crippen LogP contribution in [0.2, 0.25) is 0 Å². The molecule has 1 aromatic carbocycles. The van der Waals surface area contributed by atoms with Crippen LogP contribution >= 0.6 is 0 Å². The normalized spacial score (nSPS) is 10.1. The van der Waals surface area contributed by atoms with Gasteiger partial charge in [-0.2, -0.15) is 0 Å². The van der Waals surface area contributed by atoms with E-state index in [0.717, 1.165) is 5.75 Å². The summed E-state index contributed by atoms with van der Waals surface area (Å²) >= 11 is 0. The summed E-state index contributed by atoms with van der Waals surface area (Å²) in [6.45, 7) is 3.86. The summed E-state index contributed by atoms with van der Waals surface area (Å²) in [7, 11) is -1.79. The van der Waals surface area contributed by atoms with E-state index < -0.39 is 7.32 Å². The maximum absolute atomic E-state index is 8.52. The van der Waals surface area contributed by atoms with Gasteiger partial charge < -0.3 is 19.4 Å². The molecule has 0 aliphatic rings. The van der Waals surface area contributed by atoms with Crippen LogP contribution in [0.5, 0.6) is 11.5 Å². The van der Waals surface area contributed by atoms with Gasteiger partial charge in [-0.3, -0.25) is 0 Å². The Hall–Kier alpha value is -1.20. The molecule has 1 aromatic rings. The van der Waals surface area contributed by atoms with E-state index in [-0.39, 0.29) is 6.10 Å². The van der Waals surface area contributed by atoms with Crippen LogP contribution in [0.3, 0.4) is 0 Å². The molecule has 5 heteroatoms. The van der Waals surface area contributed by atoms with Gasteiger partial charge in [-0.25, -0.2) is 0 Å². The Labute approximate surface area is 83.3 Å². The molecule has 2 N–H and O–H groups in total. The molecule has 0 aromatic heterocycles. The van der Waals surface area contributed by atoms with Gasteiger partial charge in [0, 0.05) is 0 Å². The zero-order chi connectivity index (χ0) is 10.6. The molecule has 0 atom stereocenters. The third-order valence-corrected chi connectivity index (χ3v) is 1.44. The lowest BCUT2D eigenvalue weighted by Crippen LogP contribution is -2.20. The fraction of sp³-hybridized carbons (Fsp3) is 0.333. The fourth-order valence-corrected chi connectivity index (χ4v) is 0.991. The van der Waals surface area contributed by atoms with E-state index in [0.29, 0.717) is 5.75 Å². The topological polar surface area (TPSA) is 58.9 Å². The number of rotatable bonds is 4. The largest absolute Gasteiger partial charge is 0.707 e. The summed E-state index contributed by atoms with van der Waals surface area (Å²) in [5.74, 6) is 1.11. The second-order valence-corrected chi connectivity index (χ2v) is 3.08. The average Bonchev–Trinajstić information content (AvgIpc) is 2.06. The van der Waals surface area contributed by atoms with Crippen LogP contribution in [-0.2, 0) is 0 Å². The van der Waals surface area contributed by atoms with Gasteiger partial charge in [-0.1, -0.05) is 0 Å². The molecular weight excluding hydrogens is 183 g/mol. The van der Waals surface area contributed by atoms with Crippen LogP contribution in [0.1, 0.15) is 13.8 Å². The average molecular weight is 196 g/mol. The highest BCUT2D eigenvalue weighted by Gasteiger charge is 2.10. The SMILES string of the molecule is CC(C)Oc1ccc(OB(O)O)cc1. The van der Waals surface area contributed by atoms with Gasteiger partial charge in [0.15, 0.2) is 0 Å². The summed E-state index contributed by atoms with van der Waals surface area (Å²) < 4.78 is 10.0. The minimum Gasteiger partial charge on any atom is -0.512 e. The Morgan fingerprint density at radius 2 is 1.57 bits per heavy atom. The lowest BCUT2D eigenvalue weighted by molar-refractivity contribution is 0.241. The molecule has 1 rings (SSSR count). The summed E-state index contributed by atoms with van der Waals surface area (Å²) in [6, 6.07) is 6.63. The maximum Gasteiger partial charge on any atom is 0.707 e. The number of benzene rings is 1. The summed E-state index contributed by atoms with van der Waals surface area (Å²) in [5.41, 5.74) is 0. The van der Waals surface area contributed by atoms with Gasteiger partial charge in [0.1, 0.15) is 11.5 Å². The van der Waals surface area contributed by atoms with Crippen molar-refractivity contribution in [3.63, 3.8) is 0 Å². The minimum absolute atomic E-state index is 0.116. The zero-order valence-electron chi connectivity index (χ0n) is 8.18. The van der Waals surface area contributed by atoms with E-state index in [1.807, 2.05) is 13.8 Å². The molecule has 0 amide bonds. The lowest BCUT2D eigenvalue weighted by Gasteiger charge is -2.10. The highest BCUT2D eigenvalue weighted by atomic mass is 16.6. The van der Waals surface area contributed by atoms with Crippen LogP contribution < -0.4 is 9.39 Å². The van der Waals surface area contributed by atoms with Crippen molar-refractivity contribution in [2.75, 3.05) is 0 Å². The Bertz CT molecular complexity index is 242. The first-order valence-electron chi connectivity index (χ1n) is 4.37. The van der Waals surface area contributed by atoms with Gasteiger partial charge in [0.05, 0.1) is 6.10 Å². The Morgan fingerprint density at radius 3 is 2.00 bits per heavy atom. The van der Waals surface area contributed by atoms with Crippen molar-refractivity contribution < 1.29 is 19.4 Å². The third-order valence-electron chi connectivity index (χ3n) is 1.44. The molecule has 0 aliphatic carbocycles. The molecular formula is C9H13BO4. The van der Waals surface area contributed by atoms with E-state index >= 15 is 0 Å². The predicted molar refractivity (Wildman–Crippen MR) is 53.0 cm³/mol. The Balaban J connectivity index is 2.59. The first-order valence-corrected chi connectivity index (χ1v) is 4.37.